The standard InChI is InChI=1S/C23H24N2O3S/c1-16(21-11-5-8-18-7-3-4-10-22(18)21)24-29(27,28)20-12-13-23-19(15-20)9-6-14-25(23)17(2)26/h3-5,7-8,10-13,15-16,24H,6,9,14H2,1-2H3. The van der Waals surface area contributed by atoms with Crippen molar-refractivity contribution in [2.45, 2.75) is 37.6 Å². The summed E-state index contributed by atoms with van der Waals surface area (Å²) < 4.78 is 28.9. The first-order valence-electron chi connectivity index (χ1n) is 9.78. The number of nitrogens with zero attached hydrogens (tertiary/aromatic N) is 1. The van der Waals surface area contributed by atoms with Crippen molar-refractivity contribution in [3.05, 3.63) is 71.8 Å². The minimum atomic E-state index is -3.70. The molecule has 1 aliphatic heterocycles. The van der Waals surface area contributed by atoms with Crippen LogP contribution in [0.3, 0.4) is 0 Å². The Hall–Kier alpha value is -2.70. The van der Waals surface area contributed by atoms with Gasteiger partial charge in [-0.1, -0.05) is 42.5 Å². The second kappa shape index (κ2) is 7.61. The van der Waals surface area contributed by atoms with Crippen LogP contribution in [-0.2, 0) is 21.2 Å². The molecule has 29 heavy (non-hydrogen) atoms. The maximum Gasteiger partial charge on any atom is 0.241 e. The van der Waals surface area contributed by atoms with E-state index in [4.69, 9.17) is 0 Å². The van der Waals surface area contributed by atoms with Gasteiger partial charge in [-0.05, 0) is 59.9 Å². The first-order chi connectivity index (χ1) is 13.9. The fourth-order valence-corrected chi connectivity index (χ4v) is 5.33. The number of anilines is 1. The summed E-state index contributed by atoms with van der Waals surface area (Å²) in [5, 5.41) is 2.11. The monoisotopic (exact) mass is 408 g/mol. The lowest BCUT2D eigenvalue weighted by Crippen LogP contribution is -2.34. The molecule has 0 aromatic heterocycles. The summed E-state index contributed by atoms with van der Waals surface area (Å²) in [6.45, 7) is 4.06. The van der Waals surface area contributed by atoms with Gasteiger partial charge in [0.1, 0.15) is 0 Å². The zero-order valence-corrected chi connectivity index (χ0v) is 17.4. The number of amides is 1. The Morgan fingerprint density at radius 2 is 1.83 bits per heavy atom. The Morgan fingerprint density at radius 3 is 2.62 bits per heavy atom. The summed E-state index contributed by atoms with van der Waals surface area (Å²) in [5.41, 5.74) is 2.64. The highest BCUT2D eigenvalue weighted by molar-refractivity contribution is 7.89. The molecule has 1 unspecified atom stereocenters. The number of hydrogen-bond donors (Lipinski definition) is 1. The lowest BCUT2D eigenvalue weighted by molar-refractivity contribution is -0.116. The number of aryl methyl sites for hydroxylation is 1. The Morgan fingerprint density at radius 1 is 1.07 bits per heavy atom. The topological polar surface area (TPSA) is 66.5 Å². The van der Waals surface area contributed by atoms with Gasteiger partial charge in [-0.15, -0.1) is 0 Å². The van der Waals surface area contributed by atoms with E-state index >= 15 is 0 Å². The van der Waals surface area contributed by atoms with Gasteiger partial charge in [0.25, 0.3) is 0 Å². The van der Waals surface area contributed by atoms with Crippen LogP contribution in [0.25, 0.3) is 10.8 Å². The number of benzene rings is 3. The van der Waals surface area contributed by atoms with Gasteiger partial charge in [0.15, 0.2) is 0 Å². The molecular formula is C23H24N2O3S. The van der Waals surface area contributed by atoms with E-state index in [0.29, 0.717) is 6.54 Å². The van der Waals surface area contributed by atoms with Crippen LogP contribution in [0.4, 0.5) is 5.69 Å². The summed E-state index contributed by atoms with van der Waals surface area (Å²) in [6.07, 6.45) is 1.59. The number of carbonyl (C=O) groups is 1. The van der Waals surface area contributed by atoms with Gasteiger partial charge < -0.3 is 4.90 Å². The average molecular weight is 409 g/mol. The summed E-state index contributed by atoms with van der Waals surface area (Å²) in [4.78, 5) is 13.8. The average Bonchev–Trinajstić information content (AvgIpc) is 2.72. The number of rotatable bonds is 4. The van der Waals surface area contributed by atoms with Gasteiger partial charge in [-0.3, -0.25) is 4.79 Å². The number of hydrogen-bond acceptors (Lipinski definition) is 3. The van der Waals surface area contributed by atoms with E-state index in [2.05, 4.69) is 4.72 Å². The van der Waals surface area contributed by atoms with E-state index in [0.717, 1.165) is 40.4 Å². The molecule has 1 amide bonds. The number of sulfonamides is 1. The van der Waals surface area contributed by atoms with Gasteiger partial charge in [0, 0.05) is 25.2 Å². The smallest absolute Gasteiger partial charge is 0.241 e. The quantitative estimate of drug-likeness (QED) is 0.704. The van der Waals surface area contributed by atoms with Crippen LogP contribution in [0, 0.1) is 0 Å². The molecule has 0 saturated heterocycles. The molecule has 4 rings (SSSR count). The van der Waals surface area contributed by atoms with Gasteiger partial charge in [-0.25, -0.2) is 13.1 Å². The Bertz CT molecular complexity index is 1180. The third-order valence-corrected chi connectivity index (χ3v) is 7.02. The molecule has 1 aliphatic rings. The van der Waals surface area contributed by atoms with Crippen molar-refractivity contribution in [3.8, 4) is 0 Å². The predicted octanol–water partition coefficient (Wildman–Crippen LogP) is 4.18. The first-order valence-corrected chi connectivity index (χ1v) is 11.3. The molecule has 1 heterocycles. The van der Waals surface area contributed by atoms with Crippen molar-refractivity contribution in [3.63, 3.8) is 0 Å². The highest BCUT2D eigenvalue weighted by atomic mass is 32.2. The Labute approximate surface area is 171 Å². The van der Waals surface area contributed by atoms with Crippen LogP contribution in [0.15, 0.2) is 65.6 Å². The molecule has 6 heteroatoms. The van der Waals surface area contributed by atoms with E-state index in [1.54, 1.807) is 23.1 Å². The Kier molecular flexibility index (Phi) is 5.15. The van der Waals surface area contributed by atoms with Crippen molar-refractivity contribution < 1.29 is 13.2 Å². The molecule has 3 aromatic rings. The molecule has 1 atom stereocenters. The molecule has 0 spiro atoms. The second-order valence-electron chi connectivity index (χ2n) is 7.48. The zero-order chi connectivity index (χ0) is 20.6. The van der Waals surface area contributed by atoms with Gasteiger partial charge >= 0.3 is 0 Å². The van der Waals surface area contributed by atoms with Crippen molar-refractivity contribution >= 4 is 32.4 Å². The molecule has 0 bridgehead atoms. The minimum Gasteiger partial charge on any atom is -0.312 e. The summed E-state index contributed by atoms with van der Waals surface area (Å²) in [5.74, 6) is -0.0238. The molecule has 0 aliphatic carbocycles. The third-order valence-electron chi connectivity index (χ3n) is 5.48. The van der Waals surface area contributed by atoms with E-state index in [9.17, 15) is 13.2 Å². The Balaban J connectivity index is 1.64. The lowest BCUT2D eigenvalue weighted by Gasteiger charge is -2.29. The number of fused-ring (bicyclic) bond motifs is 2. The molecule has 0 radical (unpaired) electrons. The highest BCUT2D eigenvalue weighted by Gasteiger charge is 2.24. The largest absolute Gasteiger partial charge is 0.312 e. The van der Waals surface area contributed by atoms with Crippen LogP contribution in [0.2, 0.25) is 0 Å². The maximum absolute atomic E-state index is 13.1. The molecule has 0 fully saturated rings. The van der Waals surface area contributed by atoms with Crippen LogP contribution >= 0.6 is 0 Å². The predicted molar refractivity (Wildman–Crippen MR) is 115 cm³/mol. The van der Waals surface area contributed by atoms with Gasteiger partial charge in [0.2, 0.25) is 15.9 Å². The lowest BCUT2D eigenvalue weighted by atomic mass is 10.0. The van der Waals surface area contributed by atoms with Gasteiger partial charge in [-0.2, -0.15) is 0 Å². The molecule has 3 aromatic carbocycles. The SMILES string of the molecule is CC(=O)N1CCCc2cc(S(=O)(=O)NC(C)c3cccc4ccccc34)ccc21. The molecular weight excluding hydrogens is 384 g/mol. The summed E-state index contributed by atoms with van der Waals surface area (Å²) in [6, 6.07) is 18.5. The van der Waals surface area contributed by atoms with E-state index in [1.165, 1.54) is 6.92 Å². The third kappa shape index (κ3) is 3.78. The maximum atomic E-state index is 13.1. The number of nitrogens with one attached hydrogen (secondary N) is 1. The number of carbonyl (C=O) groups excluding carboxylic acids is 1. The molecule has 5 nitrogen and oxygen atoms in total. The molecule has 150 valence electrons. The normalized spacial score (nSPS) is 15.2. The minimum absolute atomic E-state index is 0.0238. The first kappa shape index (κ1) is 19.6. The van der Waals surface area contributed by atoms with E-state index in [-0.39, 0.29) is 16.8 Å². The van der Waals surface area contributed by atoms with Crippen molar-refractivity contribution in [2.24, 2.45) is 0 Å². The van der Waals surface area contributed by atoms with Crippen molar-refractivity contribution in [2.75, 3.05) is 11.4 Å². The van der Waals surface area contributed by atoms with Crippen LogP contribution < -0.4 is 9.62 Å². The summed E-state index contributed by atoms with van der Waals surface area (Å²) >= 11 is 0. The van der Waals surface area contributed by atoms with Crippen molar-refractivity contribution in [1.82, 2.24) is 4.72 Å². The fraction of sp³-hybridized carbons (Fsp3) is 0.261. The van der Waals surface area contributed by atoms with E-state index in [1.807, 2.05) is 49.4 Å². The molecule has 0 saturated carbocycles. The second-order valence-corrected chi connectivity index (χ2v) is 9.19. The van der Waals surface area contributed by atoms with Crippen LogP contribution in [0.5, 0.6) is 0 Å². The highest BCUT2D eigenvalue weighted by Crippen LogP contribution is 2.30. The zero-order valence-electron chi connectivity index (χ0n) is 16.6. The van der Waals surface area contributed by atoms with Crippen LogP contribution in [0.1, 0.15) is 37.4 Å². The van der Waals surface area contributed by atoms with Crippen LogP contribution in [-0.4, -0.2) is 20.9 Å². The van der Waals surface area contributed by atoms with E-state index < -0.39 is 10.0 Å². The van der Waals surface area contributed by atoms with Crippen molar-refractivity contribution in [1.29, 1.82) is 0 Å². The summed E-state index contributed by atoms with van der Waals surface area (Å²) in [7, 11) is -3.70. The molecule has 1 N–H and O–H groups in total. The fourth-order valence-electron chi connectivity index (χ4n) is 4.06. The van der Waals surface area contributed by atoms with Gasteiger partial charge in [0.05, 0.1) is 4.90 Å².